The summed E-state index contributed by atoms with van der Waals surface area (Å²) >= 11 is 10.5. The van der Waals surface area contributed by atoms with Gasteiger partial charge in [-0.1, -0.05) is 17.7 Å². The van der Waals surface area contributed by atoms with Gasteiger partial charge in [-0.25, -0.2) is 0 Å². The third-order valence-corrected chi connectivity index (χ3v) is 5.31. The molecule has 0 radical (unpaired) electrons. The Morgan fingerprint density at radius 1 is 1.29 bits per heavy atom. The first kappa shape index (κ1) is 14.4. The van der Waals surface area contributed by atoms with Crippen molar-refractivity contribution in [2.45, 2.75) is 0 Å². The van der Waals surface area contributed by atoms with Gasteiger partial charge >= 0.3 is 0 Å². The molecule has 0 bridgehead atoms. The van der Waals surface area contributed by atoms with Crippen molar-refractivity contribution >= 4 is 62.0 Å². The van der Waals surface area contributed by atoms with Crippen molar-refractivity contribution in [3.05, 3.63) is 49.6 Å². The molecule has 1 aliphatic rings. The van der Waals surface area contributed by atoms with Crippen LogP contribution >= 0.6 is 38.9 Å². The molecule has 0 saturated carbocycles. The zero-order chi connectivity index (χ0) is 15.1. The highest BCUT2D eigenvalue weighted by Crippen LogP contribution is 2.34. The Morgan fingerprint density at radius 2 is 2.05 bits per heavy atom. The van der Waals surface area contributed by atoms with Gasteiger partial charge in [0, 0.05) is 4.47 Å². The number of Topliss-reactive ketones (excluding diaryl/α,β-unsaturated/α-hetero) is 2. The number of thiophene rings is 1. The molecule has 0 atom stereocenters. The Morgan fingerprint density at radius 3 is 2.71 bits per heavy atom. The predicted octanol–water partition coefficient (Wildman–Crippen LogP) is 3.58. The summed E-state index contributed by atoms with van der Waals surface area (Å²) in [5.74, 6) is -1.63. The average Bonchev–Trinajstić information content (AvgIpc) is 2.97. The van der Waals surface area contributed by atoms with Crippen LogP contribution in [-0.4, -0.2) is 24.0 Å². The van der Waals surface area contributed by atoms with Gasteiger partial charge in [-0.2, -0.15) is 0 Å². The molecule has 1 aromatic heterocycles. The lowest BCUT2D eigenvalue weighted by molar-refractivity contribution is -0.114. The molecule has 1 aromatic carbocycles. The molecule has 0 spiro atoms. The van der Waals surface area contributed by atoms with Crippen LogP contribution < -0.4 is 4.90 Å². The van der Waals surface area contributed by atoms with Crippen molar-refractivity contribution in [2.75, 3.05) is 11.4 Å². The number of ketones is 2. The number of fused-ring (bicyclic) bond motifs is 1. The predicted molar refractivity (Wildman–Crippen MR) is 84.5 cm³/mol. The highest BCUT2D eigenvalue weighted by Gasteiger charge is 2.38. The number of carbonyl (C=O) groups excluding carboxylic acids is 3. The van der Waals surface area contributed by atoms with Crippen LogP contribution in [0.4, 0.5) is 5.69 Å². The lowest BCUT2D eigenvalue weighted by atomic mass is 10.1. The summed E-state index contributed by atoms with van der Waals surface area (Å²) in [4.78, 5) is 38.0. The van der Waals surface area contributed by atoms with E-state index in [1.807, 2.05) is 0 Å². The normalized spacial score (nSPS) is 13.7. The van der Waals surface area contributed by atoms with Crippen LogP contribution in [0.1, 0.15) is 20.0 Å². The maximum absolute atomic E-state index is 12.3. The smallest absolute Gasteiger partial charge is 0.297 e. The van der Waals surface area contributed by atoms with Crippen LogP contribution in [0.5, 0.6) is 0 Å². The summed E-state index contributed by atoms with van der Waals surface area (Å²) in [6.07, 6.45) is 0. The molecule has 0 fully saturated rings. The minimum absolute atomic E-state index is 0.169. The van der Waals surface area contributed by atoms with Crippen LogP contribution in [0.15, 0.2) is 34.1 Å². The van der Waals surface area contributed by atoms with E-state index in [9.17, 15) is 14.4 Å². The number of hydrogen-bond acceptors (Lipinski definition) is 4. The van der Waals surface area contributed by atoms with Gasteiger partial charge in [0.25, 0.3) is 11.7 Å². The van der Waals surface area contributed by atoms with Gasteiger partial charge < -0.3 is 0 Å². The SMILES string of the molecule is O=C(CN1C(=O)C(=O)c2c(Cl)cccc21)c1sccc1Br. The first-order valence-corrected chi connectivity index (χ1v) is 7.96. The average molecular weight is 385 g/mol. The van der Waals surface area contributed by atoms with Crippen molar-refractivity contribution in [2.24, 2.45) is 0 Å². The molecule has 21 heavy (non-hydrogen) atoms. The topological polar surface area (TPSA) is 54.5 Å². The zero-order valence-corrected chi connectivity index (χ0v) is 13.6. The molecule has 7 heteroatoms. The summed E-state index contributed by atoms with van der Waals surface area (Å²) < 4.78 is 0.682. The fraction of sp³-hybridized carbons (Fsp3) is 0.0714. The van der Waals surface area contributed by atoms with Gasteiger partial charge in [-0.3, -0.25) is 19.3 Å². The van der Waals surface area contributed by atoms with E-state index in [-0.39, 0.29) is 22.9 Å². The van der Waals surface area contributed by atoms with Gasteiger partial charge in [0.2, 0.25) is 0 Å². The Bertz CT molecular complexity index is 786. The second kappa shape index (κ2) is 5.36. The van der Waals surface area contributed by atoms with Crippen molar-refractivity contribution in [1.82, 2.24) is 0 Å². The minimum atomic E-state index is -0.723. The monoisotopic (exact) mass is 383 g/mol. The molecule has 0 aliphatic carbocycles. The summed E-state index contributed by atoms with van der Waals surface area (Å²) in [5, 5.41) is 2.00. The van der Waals surface area contributed by atoms with Gasteiger partial charge in [0.15, 0.2) is 5.78 Å². The molecule has 106 valence electrons. The van der Waals surface area contributed by atoms with Crippen LogP contribution in [0.25, 0.3) is 0 Å². The van der Waals surface area contributed by atoms with Gasteiger partial charge in [0.05, 0.1) is 27.7 Å². The van der Waals surface area contributed by atoms with E-state index in [1.165, 1.54) is 16.2 Å². The number of halogens is 2. The molecule has 2 heterocycles. The van der Waals surface area contributed by atoms with Gasteiger partial charge in [0.1, 0.15) is 0 Å². The molecule has 1 aliphatic heterocycles. The molecule has 1 amide bonds. The van der Waals surface area contributed by atoms with E-state index in [4.69, 9.17) is 11.6 Å². The lowest BCUT2D eigenvalue weighted by Crippen LogP contribution is -2.34. The minimum Gasteiger partial charge on any atom is -0.297 e. The Labute approximate surface area is 137 Å². The molecule has 2 aromatic rings. The number of amides is 1. The first-order valence-electron chi connectivity index (χ1n) is 5.91. The zero-order valence-electron chi connectivity index (χ0n) is 10.4. The molecule has 0 N–H and O–H groups in total. The number of rotatable bonds is 3. The fourth-order valence-corrected chi connectivity index (χ4v) is 3.95. The fourth-order valence-electron chi connectivity index (χ4n) is 2.17. The van der Waals surface area contributed by atoms with Crippen molar-refractivity contribution in [1.29, 1.82) is 0 Å². The summed E-state index contributed by atoms with van der Waals surface area (Å²) in [7, 11) is 0. The first-order chi connectivity index (χ1) is 10.0. The molecule has 3 rings (SSSR count). The third-order valence-electron chi connectivity index (χ3n) is 3.12. The molecule has 4 nitrogen and oxygen atoms in total. The van der Waals surface area contributed by atoms with E-state index in [2.05, 4.69) is 15.9 Å². The highest BCUT2D eigenvalue weighted by atomic mass is 79.9. The lowest BCUT2D eigenvalue weighted by Gasteiger charge is -2.15. The maximum atomic E-state index is 12.3. The molecule has 0 saturated heterocycles. The molecular weight excluding hydrogens is 378 g/mol. The third kappa shape index (κ3) is 2.33. The second-order valence-electron chi connectivity index (χ2n) is 4.38. The molecular formula is C14H7BrClNO3S. The highest BCUT2D eigenvalue weighted by molar-refractivity contribution is 9.10. The maximum Gasteiger partial charge on any atom is 0.299 e. The number of benzene rings is 1. The Kier molecular flexibility index (Phi) is 3.69. The Hall–Kier alpha value is -1.50. The van der Waals surface area contributed by atoms with Crippen LogP contribution in [-0.2, 0) is 4.79 Å². The van der Waals surface area contributed by atoms with Gasteiger partial charge in [-0.15, -0.1) is 11.3 Å². The van der Waals surface area contributed by atoms with E-state index in [0.717, 1.165) is 0 Å². The summed E-state index contributed by atoms with van der Waals surface area (Å²) in [5.41, 5.74) is 0.556. The van der Waals surface area contributed by atoms with Gasteiger partial charge in [-0.05, 0) is 39.5 Å². The summed E-state index contributed by atoms with van der Waals surface area (Å²) in [6, 6.07) is 6.57. The quantitative estimate of drug-likeness (QED) is 0.600. The number of nitrogens with zero attached hydrogens (tertiary/aromatic N) is 1. The number of anilines is 1. The van der Waals surface area contributed by atoms with Crippen molar-refractivity contribution in [3.8, 4) is 0 Å². The summed E-state index contributed by atoms with van der Waals surface area (Å²) in [6.45, 7) is -0.184. The van der Waals surface area contributed by atoms with Crippen molar-refractivity contribution in [3.63, 3.8) is 0 Å². The van der Waals surface area contributed by atoms with Crippen LogP contribution in [0, 0.1) is 0 Å². The van der Waals surface area contributed by atoms with Crippen LogP contribution in [0.2, 0.25) is 5.02 Å². The van der Waals surface area contributed by atoms with E-state index >= 15 is 0 Å². The Balaban J connectivity index is 1.96. The van der Waals surface area contributed by atoms with E-state index < -0.39 is 11.7 Å². The van der Waals surface area contributed by atoms with Crippen molar-refractivity contribution < 1.29 is 14.4 Å². The molecule has 0 unspecified atom stereocenters. The van der Waals surface area contributed by atoms with E-state index in [0.29, 0.717) is 15.0 Å². The van der Waals surface area contributed by atoms with E-state index in [1.54, 1.807) is 29.6 Å². The van der Waals surface area contributed by atoms with Crippen LogP contribution in [0.3, 0.4) is 0 Å². The number of hydrogen-bond donors (Lipinski definition) is 0. The largest absolute Gasteiger partial charge is 0.299 e. The second-order valence-corrected chi connectivity index (χ2v) is 6.55. The number of carbonyl (C=O) groups is 3. The standard InChI is InChI=1S/C14H7BrClNO3S/c15-7-4-5-21-13(7)10(18)6-17-9-3-1-2-8(16)11(9)12(19)14(17)20/h1-5H,6H2.